The van der Waals surface area contributed by atoms with Crippen LogP contribution in [-0.4, -0.2) is 18.7 Å². The number of hydrogen-bond acceptors (Lipinski definition) is 3. The highest BCUT2D eigenvalue weighted by Crippen LogP contribution is 2.25. The van der Waals surface area contributed by atoms with Gasteiger partial charge in [-0.05, 0) is 24.3 Å². The van der Waals surface area contributed by atoms with Gasteiger partial charge in [0.05, 0.1) is 12.8 Å². The second-order valence-corrected chi connectivity index (χ2v) is 4.21. The number of ether oxygens (including phenoxy) is 1. The molecule has 0 unspecified atom stereocenters. The molecule has 106 valence electrons. The van der Waals surface area contributed by atoms with Crippen molar-refractivity contribution >= 4 is 11.4 Å². The van der Waals surface area contributed by atoms with E-state index in [0.29, 0.717) is 11.4 Å². The van der Waals surface area contributed by atoms with Gasteiger partial charge in [-0.15, -0.1) is 0 Å². The average molecular weight is 286 g/mol. The summed E-state index contributed by atoms with van der Waals surface area (Å²) < 4.78 is 32.6. The van der Waals surface area contributed by atoms with Crippen LogP contribution in [0.1, 0.15) is 5.56 Å². The Morgan fingerprint density at radius 1 is 1.10 bits per heavy atom. The number of aliphatic imine (C=N–C) groups is 1. The standard InChI is InChI=1S/C16H12F2N2O/c1-21-14-9-7-13(8-10-14)20-15(16(17,18)11-19)12-5-3-2-4-6-12/h2-10H,1H3. The van der Waals surface area contributed by atoms with Gasteiger partial charge < -0.3 is 4.74 Å². The van der Waals surface area contributed by atoms with Gasteiger partial charge in [-0.2, -0.15) is 14.0 Å². The molecule has 5 heteroatoms. The third-order valence-electron chi connectivity index (χ3n) is 2.80. The summed E-state index contributed by atoms with van der Waals surface area (Å²) in [5.74, 6) is -3.07. The van der Waals surface area contributed by atoms with E-state index in [1.807, 2.05) is 0 Å². The maximum Gasteiger partial charge on any atom is 0.374 e. The third-order valence-corrected chi connectivity index (χ3v) is 2.80. The zero-order chi connectivity index (χ0) is 15.3. The Morgan fingerprint density at radius 3 is 2.24 bits per heavy atom. The van der Waals surface area contributed by atoms with Crippen molar-refractivity contribution in [2.45, 2.75) is 5.92 Å². The van der Waals surface area contributed by atoms with E-state index < -0.39 is 11.6 Å². The molecule has 0 aliphatic rings. The average Bonchev–Trinajstić information content (AvgIpc) is 2.54. The summed E-state index contributed by atoms with van der Waals surface area (Å²) in [5.41, 5.74) is -0.0415. The predicted octanol–water partition coefficient (Wildman–Crippen LogP) is 3.97. The van der Waals surface area contributed by atoms with Crippen LogP contribution in [0.2, 0.25) is 0 Å². The van der Waals surface area contributed by atoms with Crippen LogP contribution in [-0.2, 0) is 0 Å². The molecule has 0 spiro atoms. The Morgan fingerprint density at radius 2 is 1.71 bits per heavy atom. The second kappa shape index (κ2) is 6.14. The zero-order valence-electron chi connectivity index (χ0n) is 11.3. The van der Waals surface area contributed by atoms with Crippen LogP contribution in [0.25, 0.3) is 0 Å². The van der Waals surface area contributed by atoms with Crippen molar-refractivity contribution in [1.82, 2.24) is 0 Å². The molecule has 2 rings (SSSR count). The molecule has 0 N–H and O–H groups in total. The van der Waals surface area contributed by atoms with Crippen molar-refractivity contribution in [2.24, 2.45) is 4.99 Å². The molecule has 0 fully saturated rings. The molecule has 21 heavy (non-hydrogen) atoms. The van der Waals surface area contributed by atoms with Gasteiger partial charge in [0.2, 0.25) is 0 Å². The summed E-state index contributed by atoms with van der Waals surface area (Å²) in [6, 6.07) is 15.3. The van der Waals surface area contributed by atoms with E-state index in [-0.39, 0.29) is 5.56 Å². The summed E-state index contributed by atoms with van der Waals surface area (Å²) in [5, 5.41) is 8.69. The minimum Gasteiger partial charge on any atom is -0.497 e. The molecule has 0 amide bonds. The number of halogens is 2. The lowest BCUT2D eigenvalue weighted by molar-refractivity contribution is 0.144. The fraction of sp³-hybridized carbons (Fsp3) is 0.125. The normalized spacial score (nSPS) is 11.8. The van der Waals surface area contributed by atoms with E-state index in [1.165, 1.54) is 19.2 Å². The molecule has 0 radical (unpaired) electrons. The Kier molecular flexibility index (Phi) is 4.29. The number of alkyl halides is 2. The molecule has 0 heterocycles. The predicted molar refractivity (Wildman–Crippen MR) is 76.2 cm³/mol. The molecule has 0 saturated carbocycles. The van der Waals surface area contributed by atoms with E-state index in [9.17, 15) is 8.78 Å². The van der Waals surface area contributed by atoms with E-state index in [1.54, 1.807) is 42.5 Å². The van der Waals surface area contributed by atoms with Gasteiger partial charge in [0.25, 0.3) is 0 Å². The van der Waals surface area contributed by atoms with Crippen LogP contribution in [0.3, 0.4) is 0 Å². The Hall–Kier alpha value is -2.74. The largest absolute Gasteiger partial charge is 0.497 e. The van der Waals surface area contributed by atoms with Crippen LogP contribution in [0, 0.1) is 11.3 Å². The molecule has 0 aromatic heterocycles. The van der Waals surface area contributed by atoms with Gasteiger partial charge >= 0.3 is 5.92 Å². The minimum absolute atomic E-state index is 0.208. The molecule has 0 atom stereocenters. The van der Waals surface area contributed by atoms with E-state index in [0.717, 1.165) is 6.07 Å². The van der Waals surface area contributed by atoms with Crippen molar-refractivity contribution in [3.05, 3.63) is 60.2 Å². The van der Waals surface area contributed by atoms with Crippen molar-refractivity contribution in [2.75, 3.05) is 7.11 Å². The van der Waals surface area contributed by atoms with Crippen molar-refractivity contribution in [3.63, 3.8) is 0 Å². The second-order valence-electron chi connectivity index (χ2n) is 4.21. The lowest BCUT2D eigenvalue weighted by Gasteiger charge is -2.12. The topological polar surface area (TPSA) is 45.4 Å². The highest BCUT2D eigenvalue weighted by atomic mass is 19.3. The Labute approximate surface area is 121 Å². The number of nitriles is 1. The zero-order valence-corrected chi connectivity index (χ0v) is 11.3. The Bertz CT molecular complexity index is 674. The molecule has 0 bridgehead atoms. The summed E-state index contributed by atoms with van der Waals surface area (Å²) >= 11 is 0. The molecule has 3 nitrogen and oxygen atoms in total. The van der Waals surface area contributed by atoms with Gasteiger partial charge in [-0.25, -0.2) is 4.99 Å². The SMILES string of the molecule is COc1ccc(N=C(c2ccccc2)C(F)(F)C#N)cc1. The highest BCUT2D eigenvalue weighted by molar-refractivity contribution is 6.08. The summed E-state index contributed by atoms with van der Waals surface area (Å²) in [4.78, 5) is 3.94. The molecule has 2 aromatic rings. The number of nitrogens with zero attached hydrogens (tertiary/aromatic N) is 2. The Balaban J connectivity index is 2.49. The van der Waals surface area contributed by atoms with Crippen LogP contribution < -0.4 is 4.74 Å². The molecule has 0 aliphatic carbocycles. The van der Waals surface area contributed by atoms with Gasteiger partial charge in [-0.1, -0.05) is 30.3 Å². The number of hydrogen-bond donors (Lipinski definition) is 0. The first-order valence-corrected chi connectivity index (χ1v) is 6.14. The van der Waals surface area contributed by atoms with Gasteiger partial charge in [0.1, 0.15) is 17.5 Å². The number of benzene rings is 2. The maximum atomic E-state index is 13.8. The smallest absolute Gasteiger partial charge is 0.374 e. The molecule has 0 saturated heterocycles. The first-order valence-electron chi connectivity index (χ1n) is 6.14. The quantitative estimate of drug-likeness (QED) is 0.798. The van der Waals surface area contributed by atoms with Gasteiger partial charge in [-0.3, -0.25) is 0 Å². The highest BCUT2D eigenvalue weighted by Gasteiger charge is 2.37. The maximum absolute atomic E-state index is 13.8. The fourth-order valence-electron chi connectivity index (χ4n) is 1.75. The van der Waals surface area contributed by atoms with E-state index in [2.05, 4.69) is 4.99 Å². The van der Waals surface area contributed by atoms with Gasteiger partial charge in [0, 0.05) is 5.56 Å². The summed E-state index contributed by atoms with van der Waals surface area (Å²) in [7, 11) is 1.51. The molecule has 0 aliphatic heterocycles. The van der Waals surface area contributed by atoms with Crippen LogP contribution in [0.4, 0.5) is 14.5 Å². The van der Waals surface area contributed by atoms with E-state index in [4.69, 9.17) is 10.00 Å². The van der Waals surface area contributed by atoms with Crippen LogP contribution >= 0.6 is 0 Å². The summed E-state index contributed by atoms with van der Waals surface area (Å²) in [6.45, 7) is 0. The van der Waals surface area contributed by atoms with Crippen molar-refractivity contribution in [3.8, 4) is 11.8 Å². The van der Waals surface area contributed by atoms with Gasteiger partial charge in [0.15, 0.2) is 0 Å². The molecular weight excluding hydrogens is 274 g/mol. The van der Waals surface area contributed by atoms with Crippen LogP contribution in [0.15, 0.2) is 59.6 Å². The number of rotatable bonds is 4. The first-order chi connectivity index (χ1) is 10.1. The summed E-state index contributed by atoms with van der Waals surface area (Å²) in [6.07, 6.45) is 0. The van der Waals surface area contributed by atoms with Crippen LogP contribution in [0.5, 0.6) is 5.75 Å². The monoisotopic (exact) mass is 286 g/mol. The van der Waals surface area contributed by atoms with E-state index >= 15 is 0 Å². The minimum atomic E-state index is -3.67. The molecule has 2 aromatic carbocycles. The number of methoxy groups -OCH3 is 1. The lowest BCUT2D eigenvalue weighted by atomic mass is 10.1. The molecular formula is C16H12F2N2O. The fourth-order valence-corrected chi connectivity index (χ4v) is 1.75. The lowest BCUT2D eigenvalue weighted by Crippen LogP contribution is -2.27. The van der Waals surface area contributed by atoms with Crippen molar-refractivity contribution < 1.29 is 13.5 Å². The first kappa shape index (κ1) is 14.7. The van der Waals surface area contributed by atoms with Crippen molar-refractivity contribution in [1.29, 1.82) is 5.26 Å². The third kappa shape index (κ3) is 3.42.